The molecule has 0 aliphatic heterocycles. The molecule has 1 aromatic carbocycles. The summed E-state index contributed by atoms with van der Waals surface area (Å²) in [7, 11) is 1.43. The lowest BCUT2D eigenvalue weighted by atomic mass is 10.0. The van der Waals surface area contributed by atoms with Crippen molar-refractivity contribution in [1.82, 2.24) is 0 Å². The van der Waals surface area contributed by atoms with Crippen LogP contribution in [0.15, 0.2) is 6.07 Å². The smallest absolute Gasteiger partial charge is 0.165 e. The minimum absolute atomic E-state index is 0.0140. The molecule has 0 aromatic heterocycles. The van der Waals surface area contributed by atoms with Gasteiger partial charge in [-0.15, -0.1) is 0 Å². The first-order valence-corrected chi connectivity index (χ1v) is 4.84. The van der Waals surface area contributed by atoms with Crippen LogP contribution in [0.5, 0.6) is 11.5 Å². The molecule has 0 spiro atoms. The standard InChI is InChI=1S/C10H14ClNO3/c1-5-3-7(15-2)10(14)8(9(5)11)6(13)4-12/h3,6,13-14H,4,12H2,1-2H3. The molecule has 0 saturated carbocycles. The number of halogens is 1. The summed E-state index contributed by atoms with van der Waals surface area (Å²) in [6.45, 7) is 1.75. The van der Waals surface area contributed by atoms with Crippen LogP contribution in [0.1, 0.15) is 17.2 Å². The molecule has 84 valence electrons. The summed E-state index contributed by atoms with van der Waals surface area (Å²) in [5.74, 6) is 0.116. The highest BCUT2D eigenvalue weighted by molar-refractivity contribution is 6.32. The van der Waals surface area contributed by atoms with E-state index in [0.29, 0.717) is 10.6 Å². The summed E-state index contributed by atoms with van der Waals surface area (Å²) in [6, 6.07) is 1.60. The van der Waals surface area contributed by atoms with Crippen LogP contribution in [-0.4, -0.2) is 23.9 Å². The number of hydrogen-bond donors (Lipinski definition) is 3. The van der Waals surface area contributed by atoms with Crippen molar-refractivity contribution < 1.29 is 14.9 Å². The second-order valence-corrected chi connectivity index (χ2v) is 3.60. The van der Waals surface area contributed by atoms with Crippen molar-refractivity contribution in [2.24, 2.45) is 5.73 Å². The first kappa shape index (κ1) is 12.1. The summed E-state index contributed by atoms with van der Waals surface area (Å²) in [4.78, 5) is 0. The fourth-order valence-electron chi connectivity index (χ4n) is 1.36. The van der Waals surface area contributed by atoms with E-state index >= 15 is 0 Å². The first-order valence-electron chi connectivity index (χ1n) is 4.47. The molecule has 0 fully saturated rings. The maximum Gasteiger partial charge on any atom is 0.165 e. The van der Waals surface area contributed by atoms with Gasteiger partial charge in [0, 0.05) is 12.1 Å². The van der Waals surface area contributed by atoms with Gasteiger partial charge in [-0.3, -0.25) is 0 Å². The van der Waals surface area contributed by atoms with Crippen molar-refractivity contribution in [2.45, 2.75) is 13.0 Å². The van der Waals surface area contributed by atoms with Crippen LogP contribution in [0.2, 0.25) is 5.02 Å². The van der Waals surface area contributed by atoms with Gasteiger partial charge in [0.1, 0.15) is 0 Å². The largest absolute Gasteiger partial charge is 0.504 e. The van der Waals surface area contributed by atoms with E-state index in [-0.39, 0.29) is 23.6 Å². The van der Waals surface area contributed by atoms with Gasteiger partial charge in [-0.25, -0.2) is 0 Å². The third-order valence-corrected chi connectivity index (χ3v) is 2.70. The Hall–Kier alpha value is -0.970. The molecule has 5 heteroatoms. The molecule has 0 amide bonds. The van der Waals surface area contributed by atoms with E-state index in [2.05, 4.69) is 0 Å². The molecular formula is C10H14ClNO3. The van der Waals surface area contributed by atoms with Gasteiger partial charge in [0.2, 0.25) is 0 Å². The molecule has 0 radical (unpaired) electrons. The summed E-state index contributed by atoms with van der Waals surface area (Å²) >= 11 is 5.97. The number of hydrogen-bond acceptors (Lipinski definition) is 4. The van der Waals surface area contributed by atoms with Crippen molar-refractivity contribution >= 4 is 11.6 Å². The van der Waals surface area contributed by atoms with Crippen LogP contribution >= 0.6 is 11.6 Å². The van der Waals surface area contributed by atoms with Crippen LogP contribution in [0, 0.1) is 6.92 Å². The van der Waals surface area contributed by atoms with Crippen LogP contribution in [0.25, 0.3) is 0 Å². The number of aryl methyl sites for hydroxylation is 1. The lowest BCUT2D eigenvalue weighted by molar-refractivity contribution is 0.181. The molecule has 0 bridgehead atoms. The lowest BCUT2D eigenvalue weighted by Gasteiger charge is -2.16. The molecule has 1 atom stereocenters. The average Bonchev–Trinajstić information content (AvgIpc) is 2.23. The molecule has 0 saturated heterocycles. The van der Waals surface area contributed by atoms with E-state index in [0.717, 1.165) is 0 Å². The monoisotopic (exact) mass is 231 g/mol. The zero-order valence-corrected chi connectivity index (χ0v) is 9.38. The average molecular weight is 232 g/mol. The van der Waals surface area contributed by atoms with Gasteiger partial charge < -0.3 is 20.7 Å². The number of nitrogens with two attached hydrogens (primary N) is 1. The number of rotatable bonds is 3. The second-order valence-electron chi connectivity index (χ2n) is 3.22. The Labute approximate surface area is 93.2 Å². The van der Waals surface area contributed by atoms with Gasteiger partial charge >= 0.3 is 0 Å². The number of benzene rings is 1. The zero-order valence-electron chi connectivity index (χ0n) is 8.62. The van der Waals surface area contributed by atoms with Crippen LogP contribution < -0.4 is 10.5 Å². The van der Waals surface area contributed by atoms with Crippen molar-refractivity contribution in [3.63, 3.8) is 0 Å². The first-order chi connectivity index (χ1) is 7.02. The number of aromatic hydroxyl groups is 1. The maximum absolute atomic E-state index is 9.77. The van der Waals surface area contributed by atoms with Crippen molar-refractivity contribution in [2.75, 3.05) is 13.7 Å². The number of phenolic OH excluding ortho intramolecular Hbond substituents is 1. The predicted octanol–water partition coefficient (Wildman–Crippen LogP) is 1.35. The highest BCUT2D eigenvalue weighted by atomic mass is 35.5. The van der Waals surface area contributed by atoms with Crippen LogP contribution in [0.4, 0.5) is 0 Å². The van der Waals surface area contributed by atoms with E-state index < -0.39 is 6.10 Å². The van der Waals surface area contributed by atoms with Gasteiger partial charge in [-0.05, 0) is 18.6 Å². The quantitative estimate of drug-likeness (QED) is 0.734. The maximum atomic E-state index is 9.77. The van der Waals surface area contributed by atoms with Gasteiger partial charge in [0.15, 0.2) is 11.5 Å². The summed E-state index contributed by atoms with van der Waals surface area (Å²) in [6.07, 6.45) is -0.994. The lowest BCUT2D eigenvalue weighted by Crippen LogP contribution is -2.12. The highest BCUT2D eigenvalue weighted by Crippen LogP contribution is 2.40. The van der Waals surface area contributed by atoms with Gasteiger partial charge in [0.25, 0.3) is 0 Å². The SMILES string of the molecule is COc1cc(C)c(Cl)c(C(O)CN)c1O. The number of phenols is 1. The minimum atomic E-state index is -0.994. The fraction of sp³-hybridized carbons (Fsp3) is 0.400. The summed E-state index contributed by atoms with van der Waals surface area (Å²) in [5.41, 5.74) is 6.26. The van der Waals surface area contributed by atoms with Gasteiger partial charge in [0.05, 0.1) is 18.2 Å². The third kappa shape index (κ3) is 2.17. The second kappa shape index (κ2) is 4.70. The Kier molecular flexibility index (Phi) is 3.79. The summed E-state index contributed by atoms with van der Waals surface area (Å²) < 4.78 is 4.96. The Bertz CT molecular complexity index is 368. The molecule has 1 aromatic rings. The van der Waals surface area contributed by atoms with Crippen molar-refractivity contribution in [1.29, 1.82) is 0 Å². The molecule has 0 aliphatic rings. The Morgan fingerprint density at radius 2 is 2.20 bits per heavy atom. The Balaban J connectivity index is 3.40. The zero-order chi connectivity index (χ0) is 11.6. The molecule has 1 rings (SSSR count). The van der Waals surface area contributed by atoms with Crippen molar-refractivity contribution in [3.8, 4) is 11.5 Å². The van der Waals surface area contributed by atoms with E-state index in [4.69, 9.17) is 22.1 Å². The number of methoxy groups -OCH3 is 1. The van der Waals surface area contributed by atoms with E-state index in [9.17, 15) is 10.2 Å². The number of aliphatic hydroxyl groups is 1. The predicted molar refractivity (Wildman–Crippen MR) is 58.4 cm³/mol. The van der Waals surface area contributed by atoms with Gasteiger partial charge in [-0.2, -0.15) is 0 Å². The third-order valence-electron chi connectivity index (χ3n) is 2.20. The van der Waals surface area contributed by atoms with Gasteiger partial charge in [-0.1, -0.05) is 11.6 Å². The minimum Gasteiger partial charge on any atom is -0.504 e. The molecule has 15 heavy (non-hydrogen) atoms. The molecule has 0 aliphatic carbocycles. The molecule has 4 N–H and O–H groups in total. The molecular weight excluding hydrogens is 218 g/mol. The molecule has 0 heterocycles. The number of ether oxygens (including phenoxy) is 1. The van der Waals surface area contributed by atoms with E-state index in [1.54, 1.807) is 13.0 Å². The highest BCUT2D eigenvalue weighted by Gasteiger charge is 2.20. The van der Waals surface area contributed by atoms with E-state index in [1.165, 1.54) is 7.11 Å². The molecule has 4 nitrogen and oxygen atoms in total. The van der Waals surface area contributed by atoms with Crippen molar-refractivity contribution in [3.05, 3.63) is 22.2 Å². The molecule has 1 unspecified atom stereocenters. The van der Waals surface area contributed by atoms with Crippen LogP contribution in [0.3, 0.4) is 0 Å². The summed E-state index contributed by atoms with van der Waals surface area (Å²) in [5, 5.41) is 19.7. The van der Waals surface area contributed by atoms with Crippen LogP contribution in [-0.2, 0) is 0 Å². The fourth-order valence-corrected chi connectivity index (χ4v) is 1.63. The topological polar surface area (TPSA) is 75.7 Å². The Morgan fingerprint density at radius 3 is 2.67 bits per heavy atom. The normalized spacial score (nSPS) is 12.6. The van der Waals surface area contributed by atoms with E-state index in [1.807, 2.05) is 0 Å². The Morgan fingerprint density at radius 1 is 1.60 bits per heavy atom. The number of aliphatic hydroxyl groups excluding tert-OH is 1.